The van der Waals surface area contributed by atoms with Crippen molar-refractivity contribution in [3.05, 3.63) is 58.7 Å². The molecule has 0 unspecified atom stereocenters. The van der Waals surface area contributed by atoms with Crippen molar-refractivity contribution in [2.24, 2.45) is 0 Å². The lowest BCUT2D eigenvalue weighted by molar-refractivity contribution is 1.34. The van der Waals surface area contributed by atoms with Gasteiger partial charge in [0.1, 0.15) is 0 Å². The van der Waals surface area contributed by atoms with Crippen LogP contribution in [-0.2, 0) is 0 Å². The van der Waals surface area contributed by atoms with Crippen LogP contribution < -0.4 is 10.6 Å². The molecule has 0 bridgehead atoms. The maximum Gasteiger partial charge on any atom is 0.197 e. The fourth-order valence-electron chi connectivity index (χ4n) is 2.21. The van der Waals surface area contributed by atoms with E-state index in [-0.39, 0.29) is 5.96 Å². The fraction of sp³-hybridized carbons (Fsp3) is 0.235. The molecule has 0 aliphatic heterocycles. The molecule has 0 atom stereocenters. The van der Waals surface area contributed by atoms with Gasteiger partial charge in [-0.2, -0.15) is 0 Å². The third kappa shape index (κ3) is 3.38. The first-order valence-electron chi connectivity index (χ1n) is 6.73. The van der Waals surface area contributed by atoms with Gasteiger partial charge in [0.05, 0.1) is 0 Å². The molecule has 0 fully saturated rings. The molecule has 3 nitrogen and oxygen atoms in total. The van der Waals surface area contributed by atoms with Gasteiger partial charge in [0.15, 0.2) is 5.96 Å². The Kier molecular flexibility index (Phi) is 4.08. The molecule has 0 amide bonds. The van der Waals surface area contributed by atoms with E-state index in [9.17, 15) is 0 Å². The fourth-order valence-corrected chi connectivity index (χ4v) is 2.21. The number of guanidine groups is 1. The van der Waals surface area contributed by atoms with Gasteiger partial charge in [0.25, 0.3) is 0 Å². The molecule has 104 valence electrons. The minimum atomic E-state index is 0.281. The van der Waals surface area contributed by atoms with E-state index in [0.717, 1.165) is 22.5 Å². The zero-order valence-electron chi connectivity index (χ0n) is 12.5. The van der Waals surface area contributed by atoms with Gasteiger partial charge in [0.2, 0.25) is 0 Å². The third-order valence-corrected chi connectivity index (χ3v) is 3.28. The van der Waals surface area contributed by atoms with Crippen molar-refractivity contribution in [3.63, 3.8) is 0 Å². The Labute approximate surface area is 120 Å². The van der Waals surface area contributed by atoms with Crippen molar-refractivity contribution >= 4 is 17.3 Å². The SMILES string of the molecule is Cc1ccc(NC(=N)Nc2ccc(C)cc2C)c(C)c1. The van der Waals surface area contributed by atoms with Crippen molar-refractivity contribution in [2.75, 3.05) is 10.6 Å². The van der Waals surface area contributed by atoms with Crippen LogP contribution in [0.3, 0.4) is 0 Å². The van der Waals surface area contributed by atoms with Crippen molar-refractivity contribution in [1.29, 1.82) is 5.41 Å². The van der Waals surface area contributed by atoms with E-state index in [0.29, 0.717) is 0 Å². The minimum Gasteiger partial charge on any atom is -0.326 e. The highest BCUT2D eigenvalue weighted by Crippen LogP contribution is 2.18. The molecular weight excluding hydrogens is 246 g/mol. The second-order valence-corrected chi connectivity index (χ2v) is 5.26. The zero-order valence-corrected chi connectivity index (χ0v) is 12.5. The van der Waals surface area contributed by atoms with E-state index in [1.54, 1.807) is 0 Å². The molecule has 0 aliphatic rings. The first-order chi connectivity index (χ1) is 9.45. The predicted octanol–water partition coefficient (Wildman–Crippen LogP) is 4.38. The largest absolute Gasteiger partial charge is 0.326 e. The van der Waals surface area contributed by atoms with Crippen LogP contribution in [0.4, 0.5) is 11.4 Å². The Hall–Kier alpha value is -2.29. The molecule has 0 heterocycles. The summed E-state index contributed by atoms with van der Waals surface area (Å²) in [6.07, 6.45) is 0. The second kappa shape index (κ2) is 5.78. The topological polar surface area (TPSA) is 47.9 Å². The molecule has 3 N–H and O–H groups in total. The maximum atomic E-state index is 8.04. The lowest BCUT2D eigenvalue weighted by Crippen LogP contribution is -2.21. The summed E-state index contributed by atoms with van der Waals surface area (Å²) in [6, 6.07) is 12.3. The Morgan fingerprint density at radius 3 is 1.50 bits per heavy atom. The van der Waals surface area contributed by atoms with Crippen LogP contribution in [0.15, 0.2) is 36.4 Å². The van der Waals surface area contributed by atoms with E-state index < -0.39 is 0 Å². The number of nitrogens with one attached hydrogen (secondary N) is 3. The summed E-state index contributed by atoms with van der Waals surface area (Å²) in [6.45, 7) is 8.21. The highest BCUT2D eigenvalue weighted by atomic mass is 15.1. The van der Waals surface area contributed by atoms with Crippen molar-refractivity contribution < 1.29 is 0 Å². The van der Waals surface area contributed by atoms with E-state index in [4.69, 9.17) is 5.41 Å². The average molecular weight is 267 g/mol. The standard InChI is InChI=1S/C17H21N3/c1-11-5-7-15(13(3)9-11)19-17(18)20-16-8-6-12(2)10-14(16)4/h5-10H,1-4H3,(H3,18,19,20). The molecular formula is C17H21N3. The van der Waals surface area contributed by atoms with Crippen molar-refractivity contribution in [1.82, 2.24) is 0 Å². The summed E-state index contributed by atoms with van der Waals surface area (Å²) >= 11 is 0. The molecule has 2 aromatic rings. The molecule has 2 rings (SSSR count). The maximum absolute atomic E-state index is 8.04. The lowest BCUT2D eigenvalue weighted by atomic mass is 10.1. The summed E-state index contributed by atoms with van der Waals surface area (Å²) in [4.78, 5) is 0. The van der Waals surface area contributed by atoms with Gasteiger partial charge in [-0.05, 0) is 51.0 Å². The minimum absolute atomic E-state index is 0.281. The Bertz CT molecular complexity index is 589. The van der Waals surface area contributed by atoms with Crippen LogP contribution in [0.5, 0.6) is 0 Å². The molecule has 2 aromatic carbocycles. The van der Waals surface area contributed by atoms with Gasteiger partial charge < -0.3 is 10.6 Å². The van der Waals surface area contributed by atoms with Crippen molar-refractivity contribution in [2.45, 2.75) is 27.7 Å². The van der Waals surface area contributed by atoms with E-state index >= 15 is 0 Å². The number of hydrogen-bond acceptors (Lipinski definition) is 1. The van der Waals surface area contributed by atoms with Gasteiger partial charge in [0, 0.05) is 11.4 Å². The predicted molar refractivity (Wildman–Crippen MR) is 86.8 cm³/mol. The number of aryl methyl sites for hydroxylation is 4. The highest BCUT2D eigenvalue weighted by molar-refractivity contribution is 6.02. The van der Waals surface area contributed by atoms with Crippen LogP contribution in [0, 0.1) is 33.1 Å². The number of hydrogen-bond donors (Lipinski definition) is 3. The lowest BCUT2D eigenvalue weighted by Gasteiger charge is -2.14. The van der Waals surface area contributed by atoms with Crippen LogP contribution in [-0.4, -0.2) is 5.96 Å². The molecule has 0 saturated heterocycles. The van der Waals surface area contributed by atoms with Gasteiger partial charge in [-0.1, -0.05) is 35.4 Å². The average Bonchev–Trinajstić information content (AvgIpc) is 2.36. The van der Waals surface area contributed by atoms with Crippen LogP contribution in [0.25, 0.3) is 0 Å². The first-order valence-corrected chi connectivity index (χ1v) is 6.73. The van der Waals surface area contributed by atoms with E-state index in [1.165, 1.54) is 11.1 Å². The molecule has 0 saturated carbocycles. The van der Waals surface area contributed by atoms with Gasteiger partial charge in [-0.3, -0.25) is 5.41 Å². The Balaban J connectivity index is 2.09. The summed E-state index contributed by atoms with van der Waals surface area (Å²) < 4.78 is 0. The van der Waals surface area contributed by atoms with Crippen LogP contribution >= 0.6 is 0 Å². The summed E-state index contributed by atoms with van der Waals surface area (Å²) in [7, 11) is 0. The third-order valence-electron chi connectivity index (χ3n) is 3.28. The second-order valence-electron chi connectivity index (χ2n) is 5.26. The van der Waals surface area contributed by atoms with E-state index in [1.807, 2.05) is 38.1 Å². The van der Waals surface area contributed by atoms with Gasteiger partial charge in [-0.15, -0.1) is 0 Å². The quantitative estimate of drug-likeness (QED) is 0.558. The summed E-state index contributed by atoms with van der Waals surface area (Å²) in [5, 5.41) is 14.2. The highest BCUT2D eigenvalue weighted by Gasteiger charge is 2.04. The zero-order chi connectivity index (χ0) is 14.7. The van der Waals surface area contributed by atoms with Gasteiger partial charge in [-0.25, -0.2) is 0 Å². The molecule has 0 aromatic heterocycles. The first kappa shape index (κ1) is 14.1. The van der Waals surface area contributed by atoms with Crippen molar-refractivity contribution in [3.8, 4) is 0 Å². The monoisotopic (exact) mass is 267 g/mol. The smallest absolute Gasteiger partial charge is 0.197 e. The van der Waals surface area contributed by atoms with E-state index in [2.05, 4.69) is 36.6 Å². The number of benzene rings is 2. The summed E-state index contributed by atoms with van der Waals surface area (Å²) in [5.74, 6) is 0.281. The molecule has 0 radical (unpaired) electrons. The number of anilines is 2. The molecule has 0 aliphatic carbocycles. The van der Waals surface area contributed by atoms with Crippen LogP contribution in [0.1, 0.15) is 22.3 Å². The van der Waals surface area contributed by atoms with Gasteiger partial charge >= 0.3 is 0 Å². The Morgan fingerprint density at radius 2 is 1.15 bits per heavy atom. The molecule has 0 spiro atoms. The summed E-state index contributed by atoms with van der Waals surface area (Å²) in [5.41, 5.74) is 6.63. The number of rotatable bonds is 2. The normalized spacial score (nSPS) is 10.2. The Morgan fingerprint density at radius 1 is 0.750 bits per heavy atom. The molecule has 3 heteroatoms. The van der Waals surface area contributed by atoms with Crippen LogP contribution in [0.2, 0.25) is 0 Å². The molecule has 20 heavy (non-hydrogen) atoms.